The molecule has 0 spiro atoms. The number of allylic oxidation sites excluding steroid dienone is 16. The Bertz CT molecular complexity index is 983. The molecule has 0 aromatic rings. The van der Waals surface area contributed by atoms with Crippen molar-refractivity contribution in [3.63, 3.8) is 0 Å². The van der Waals surface area contributed by atoms with Gasteiger partial charge in [-0.25, -0.2) is 0 Å². The molecule has 0 saturated heterocycles. The first kappa shape index (κ1) is 36.8. The van der Waals surface area contributed by atoms with E-state index in [1.807, 2.05) is 15.3 Å². The maximum Gasteiger partial charge on any atom is -1.00 e. The molecule has 0 nitrogen and oxygen atoms in total. The van der Waals surface area contributed by atoms with Crippen molar-refractivity contribution < 1.29 is 60.0 Å². The van der Waals surface area contributed by atoms with Crippen molar-refractivity contribution in [2.24, 2.45) is 0 Å². The maximum absolute atomic E-state index is 6.26. The Kier molecular flexibility index (Phi) is 13.8. The largest absolute Gasteiger partial charge is 1.00 e. The van der Waals surface area contributed by atoms with Gasteiger partial charge in [0.25, 0.3) is 0 Å². The monoisotopic (exact) mass is 726 g/mol. The number of rotatable bonds is 3. The van der Waals surface area contributed by atoms with Gasteiger partial charge in [-0.2, -0.15) is 0 Å². The molecule has 4 aliphatic carbocycles. The van der Waals surface area contributed by atoms with E-state index in [9.17, 15) is 0 Å². The summed E-state index contributed by atoms with van der Waals surface area (Å²) in [5.41, 5.74) is 9.08. The van der Waals surface area contributed by atoms with Crippen molar-refractivity contribution in [1.29, 1.82) is 0 Å². The van der Waals surface area contributed by atoms with Crippen molar-refractivity contribution in [2.75, 3.05) is 0 Å². The van der Waals surface area contributed by atoms with Gasteiger partial charge in [0.15, 0.2) is 0 Å². The fourth-order valence-electron chi connectivity index (χ4n) is 4.44. The first-order chi connectivity index (χ1) is 15.3. The first-order valence-corrected chi connectivity index (χ1v) is 36.2. The molecule has 0 aromatic carbocycles. The van der Waals surface area contributed by atoms with Crippen LogP contribution in [0.4, 0.5) is 0 Å². The average molecular weight is 731 g/mol. The summed E-state index contributed by atoms with van der Waals surface area (Å²) in [6.45, 7) is 8.94. The van der Waals surface area contributed by atoms with Gasteiger partial charge in [0.2, 0.25) is 0 Å². The second-order valence-corrected chi connectivity index (χ2v) is 60.3. The molecule has 0 aliphatic heterocycles. The summed E-state index contributed by atoms with van der Waals surface area (Å²) in [5.74, 6) is 0. The van der Waals surface area contributed by atoms with Crippen LogP contribution in [0.2, 0.25) is 27.8 Å². The van der Waals surface area contributed by atoms with Gasteiger partial charge in [-0.3, -0.25) is 0 Å². The van der Waals surface area contributed by atoms with E-state index in [4.69, 9.17) is 17.0 Å². The number of hydrogen-bond donors (Lipinski definition) is 0. The van der Waals surface area contributed by atoms with Crippen molar-refractivity contribution >= 4 is 17.0 Å². The summed E-state index contributed by atoms with van der Waals surface area (Å²) in [5, 5.41) is 0. The molecule has 0 saturated carbocycles. The summed E-state index contributed by atoms with van der Waals surface area (Å²) < 4.78 is 17.0. The van der Waals surface area contributed by atoms with E-state index < -0.39 is 35.2 Å². The predicted octanol–water partition coefficient (Wildman–Crippen LogP) is 5.96. The summed E-state index contributed by atoms with van der Waals surface area (Å²) in [7, 11) is 12.5. The predicted molar refractivity (Wildman–Crippen MR) is 153 cm³/mol. The van der Waals surface area contributed by atoms with Gasteiger partial charge in [0.1, 0.15) is 0 Å². The van der Waals surface area contributed by atoms with Crippen LogP contribution in [0.5, 0.6) is 0 Å². The molecule has 6 heteroatoms. The Morgan fingerprint density at radius 2 is 1.08 bits per heavy atom. The zero-order chi connectivity index (χ0) is 26.0. The Balaban J connectivity index is 0.000000508. The number of halogens is 4. The van der Waals surface area contributed by atoms with Gasteiger partial charge in [-0.15, -0.1) is 0 Å². The third kappa shape index (κ3) is 10.8. The molecule has 0 bridgehead atoms. The van der Waals surface area contributed by atoms with Crippen LogP contribution < -0.4 is 24.8 Å². The maximum atomic E-state index is 6.26. The molecule has 0 aromatic heterocycles. The molecule has 0 unspecified atom stereocenters. The minimum absolute atomic E-state index is 0. The van der Waals surface area contributed by atoms with Crippen LogP contribution in [-0.4, -0.2) is 0 Å². The van der Waals surface area contributed by atoms with Crippen LogP contribution in [0, 0.1) is 0 Å². The zero-order valence-corrected chi connectivity index (χ0v) is 31.9. The van der Waals surface area contributed by atoms with Gasteiger partial charge in [-0.1, -0.05) is 23.3 Å². The topological polar surface area (TPSA) is 0 Å². The minimum Gasteiger partial charge on any atom is -1.00 e. The molecule has 36 heavy (non-hydrogen) atoms. The smallest absolute Gasteiger partial charge is 1.00 e. The Labute approximate surface area is 244 Å². The summed E-state index contributed by atoms with van der Waals surface area (Å²) in [6.07, 6.45) is 22.1. The van der Waals surface area contributed by atoms with Crippen molar-refractivity contribution in [2.45, 2.75) is 81.2 Å². The molecule has 0 amide bonds. The second kappa shape index (κ2) is 13.5. The SMILES string of the molecule is CC1=CCC(C2=C(C)C(C)=CC2)=C1C.[CH3][Zr+2]([CH3])([CH3])([CH3])[C]1=CC=CC1.[CH3][Zr]([CH3])([Cl])([Cl])[C]1=CC=CC1.[Cl-].[Cl-]. The standard InChI is InChI=1S/C14H18.2C5H5.6CH3.4ClH.2Zr/c1-9-5-7-13(11(9)3)14-8-6-10(2)12(14)4;2*1-2-4-5-3-1;;;;;;;;;;;;/h5-6H,7-8H2,1-4H3;2*1-3H,4H2;6*1H3;4*1H;;/q;;;;;;;;;;;;;2*+2/p-4. The van der Waals surface area contributed by atoms with Gasteiger partial charge >= 0.3 is 136 Å². The molecule has 4 aliphatic rings. The second-order valence-electron chi connectivity index (χ2n) is 13.1. The van der Waals surface area contributed by atoms with E-state index in [0.29, 0.717) is 0 Å². The fourth-order valence-corrected chi connectivity index (χ4v) is 13.3. The average Bonchev–Trinajstić information content (AvgIpc) is 3.47. The molecule has 0 N–H and O–H groups in total. The summed E-state index contributed by atoms with van der Waals surface area (Å²) in [4.78, 5) is 0. The molecule has 4 rings (SSSR count). The normalized spacial score (nSPS) is 20.1. The molecule has 0 heterocycles. The van der Waals surface area contributed by atoms with E-state index in [1.54, 1.807) is 14.4 Å². The Morgan fingerprint density at radius 3 is 1.28 bits per heavy atom. The molecule has 0 radical (unpaired) electrons. The third-order valence-corrected chi connectivity index (χ3v) is 22.7. The quantitative estimate of drug-likeness (QED) is 0.337. The molecule has 202 valence electrons. The first-order valence-electron chi connectivity index (χ1n) is 12.7. The van der Waals surface area contributed by atoms with E-state index in [-0.39, 0.29) is 24.8 Å². The van der Waals surface area contributed by atoms with E-state index in [1.165, 1.54) is 32.0 Å². The van der Waals surface area contributed by atoms with Crippen LogP contribution in [0.25, 0.3) is 0 Å². The van der Waals surface area contributed by atoms with Gasteiger partial charge < -0.3 is 24.8 Å². The minimum atomic E-state index is -3.26. The van der Waals surface area contributed by atoms with Crippen LogP contribution >= 0.6 is 17.0 Å². The number of hydrogen-bond acceptors (Lipinski definition) is 0. The van der Waals surface area contributed by atoms with E-state index >= 15 is 0 Å². The molecular weight excluding hydrogens is 685 g/mol. The van der Waals surface area contributed by atoms with Crippen LogP contribution in [0.1, 0.15) is 53.4 Å². The molecular formula is C30H46Cl4Zr2. The molecule has 0 atom stereocenters. The third-order valence-electron chi connectivity index (χ3n) is 7.39. The van der Waals surface area contributed by atoms with Crippen LogP contribution in [0.15, 0.2) is 88.6 Å². The Morgan fingerprint density at radius 1 is 0.667 bits per heavy atom. The van der Waals surface area contributed by atoms with Gasteiger partial charge in [0, 0.05) is 0 Å². The zero-order valence-electron chi connectivity index (χ0n) is 24.0. The van der Waals surface area contributed by atoms with Gasteiger partial charge in [0.05, 0.1) is 0 Å². The van der Waals surface area contributed by atoms with Gasteiger partial charge in [-0.05, 0) is 62.8 Å². The Hall–Kier alpha value is 0.846. The summed E-state index contributed by atoms with van der Waals surface area (Å²) in [6, 6.07) is 0. The van der Waals surface area contributed by atoms with E-state index in [0.717, 1.165) is 19.3 Å². The van der Waals surface area contributed by atoms with Crippen molar-refractivity contribution in [1.82, 2.24) is 0 Å². The van der Waals surface area contributed by atoms with E-state index in [2.05, 4.69) is 88.8 Å². The summed E-state index contributed by atoms with van der Waals surface area (Å²) >= 11 is -5.46. The van der Waals surface area contributed by atoms with Crippen LogP contribution in [-0.2, 0) is 35.2 Å². The van der Waals surface area contributed by atoms with Crippen molar-refractivity contribution in [3.8, 4) is 0 Å². The fraction of sp³-hybridized carbons (Fsp3) is 0.467. The van der Waals surface area contributed by atoms with Crippen molar-refractivity contribution in [3.05, 3.63) is 88.6 Å². The van der Waals surface area contributed by atoms with Crippen LogP contribution in [0.3, 0.4) is 0 Å². The molecule has 0 fully saturated rings.